The van der Waals surface area contributed by atoms with Crippen LogP contribution in [0.4, 0.5) is 5.95 Å². The van der Waals surface area contributed by atoms with Crippen LogP contribution in [0.15, 0.2) is 36.9 Å². The molecule has 1 amide bonds. The number of nitrogens with one attached hydrogen (secondary N) is 1. The second-order valence-corrected chi connectivity index (χ2v) is 8.39. The maximum atomic E-state index is 12.7. The van der Waals surface area contributed by atoms with Crippen molar-refractivity contribution in [2.45, 2.75) is 25.9 Å². The van der Waals surface area contributed by atoms with Crippen LogP contribution in [-0.4, -0.2) is 58.3 Å². The number of aromatic nitrogens is 3. The summed E-state index contributed by atoms with van der Waals surface area (Å²) >= 11 is 0. The summed E-state index contributed by atoms with van der Waals surface area (Å²) in [6.45, 7) is 2.82. The van der Waals surface area contributed by atoms with Crippen LogP contribution in [-0.2, 0) is 16.4 Å². The second kappa shape index (κ2) is 7.77. The van der Waals surface area contributed by atoms with E-state index in [0.717, 1.165) is 5.56 Å². The maximum absolute atomic E-state index is 12.7. The average molecular weight is 375 g/mol. The predicted octanol–water partition coefficient (Wildman–Crippen LogP) is 1.13. The Balaban J connectivity index is 1.64. The Morgan fingerprint density at radius 1 is 1.31 bits per heavy atom. The average Bonchev–Trinajstić information content (AvgIpc) is 3.01. The number of carbonyl (C=O) groups excluding carboxylic acids is 1. The number of carbonyl (C=O) groups is 1. The monoisotopic (exact) mass is 375 g/mol. The van der Waals surface area contributed by atoms with E-state index in [1.165, 1.54) is 12.4 Å². The van der Waals surface area contributed by atoms with Crippen LogP contribution in [0, 0.1) is 0 Å². The highest BCUT2D eigenvalue weighted by Gasteiger charge is 2.34. The van der Waals surface area contributed by atoms with Gasteiger partial charge in [0.05, 0.1) is 17.1 Å². The molecule has 1 aliphatic rings. The van der Waals surface area contributed by atoms with Gasteiger partial charge in [-0.05, 0) is 25.0 Å². The lowest BCUT2D eigenvalue weighted by Gasteiger charge is -2.26. The Hall–Kier alpha value is -2.55. The lowest BCUT2D eigenvalue weighted by molar-refractivity contribution is 0.0707. The fourth-order valence-electron chi connectivity index (χ4n) is 2.97. The van der Waals surface area contributed by atoms with Gasteiger partial charge in [-0.3, -0.25) is 9.78 Å². The number of hydrogen-bond acceptors (Lipinski definition) is 7. The summed E-state index contributed by atoms with van der Waals surface area (Å²) in [4.78, 5) is 26.7. The fourth-order valence-corrected chi connectivity index (χ4v) is 4.70. The molecule has 0 bridgehead atoms. The molecule has 3 rings (SSSR count). The molecule has 2 aromatic rings. The molecule has 0 spiro atoms. The van der Waals surface area contributed by atoms with Gasteiger partial charge in [-0.15, -0.1) is 0 Å². The maximum Gasteiger partial charge on any atom is 0.257 e. The third-order valence-electron chi connectivity index (χ3n) is 4.32. The summed E-state index contributed by atoms with van der Waals surface area (Å²) in [6.07, 6.45) is 6.86. The van der Waals surface area contributed by atoms with Gasteiger partial charge in [0.15, 0.2) is 9.84 Å². The summed E-state index contributed by atoms with van der Waals surface area (Å²) in [6, 6.07) is 3.51. The van der Waals surface area contributed by atoms with Gasteiger partial charge in [0.1, 0.15) is 0 Å². The number of hydrogen-bond donors (Lipinski definition) is 1. The van der Waals surface area contributed by atoms with E-state index in [9.17, 15) is 13.2 Å². The molecule has 0 radical (unpaired) electrons. The quantitative estimate of drug-likeness (QED) is 0.807. The van der Waals surface area contributed by atoms with E-state index in [1.54, 1.807) is 17.3 Å². The number of nitrogens with zero attached hydrogens (tertiary/aromatic N) is 4. The topological polar surface area (TPSA) is 105 Å². The molecular formula is C17H21N5O3S. The van der Waals surface area contributed by atoms with Crippen LogP contribution >= 0.6 is 0 Å². The first kappa shape index (κ1) is 18.2. The van der Waals surface area contributed by atoms with Gasteiger partial charge in [0.25, 0.3) is 5.91 Å². The highest BCUT2D eigenvalue weighted by atomic mass is 32.2. The first-order chi connectivity index (χ1) is 12.5. The molecule has 8 nitrogen and oxygen atoms in total. The smallest absolute Gasteiger partial charge is 0.257 e. The normalized spacial score (nSPS) is 18.4. The minimum absolute atomic E-state index is 0.0260. The predicted molar refractivity (Wildman–Crippen MR) is 97.4 cm³/mol. The molecule has 1 atom stereocenters. The molecular weight excluding hydrogens is 354 g/mol. The van der Waals surface area contributed by atoms with Crippen molar-refractivity contribution in [1.82, 2.24) is 19.9 Å². The van der Waals surface area contributed by atoms with E-state index in [1.807, 2.05) is 19.1 Å². The Morgan fingerprint density at radius 2 is 2.08 bits per heavy atom. The standard InChI is InChI=1S/C17H21N5O3S/c1-2-22(15-5-7-26(24,25)12-15)16(23)14-10-20-17(21-11-14)19-9-13-4-3-6-18-8-13/h3-4,6,8,10-11,15H,2,5,7,9,12H2,1H3,(H,19,20,21). The Kier molecular flexibility index (Phi) is 5.46. The molecule has 1 fully saturated rings. The number of sulfone groups is 1. The van der Waals surface area contributed by atoms with E-state index in [4.69, 9.17) is 0 Å². The van der Waals surface area contributed by atoms with Gasteiger partial charge in [-0.25, -0.2) is 18.4 Å². The van der Waals surface area contributed by atoms with Gasteiger partial charge < -0.3 is 10.2 Å². The zero-order valence-electron chi connectivity index (χ0n) is 14.5. The van der Waals surface area contributed by atoms with Crippen LogP contribution in [0.25, 0.3) is 0 Å². The lowest BCUT2D eigenvalue weighted by Crippen LogP contribution is -2.41. The van der Waals surface area contributed by atoms with E-state index in [-0.39, 0.29) is 23.5 Å². The first-order valence-corrected chi connectivity index (χ1v) is 10.3. The Morgan fingerprint density at radius 3 is 2.65 bits per heavy atom. The molecule has 1 unspecified atom stereocenters. The van der Waals surface area contributed by atoms with Gasteiger partial charge in [-0.1, -0.05) is 6.07 Å². The summed E-state index contributed by atoms with van der Waals surface area (Å²) in [5, 5.41) is 3.07. The largest absolute Gasteiger partial charge is 0.350 e. The first-order valence-electron chi connectivity index (χ1n) is 8.44. The molecule has 9 heteroatoms. The van der Waals surface area contributed by atoms with Crippen LogP contribution < -0.4 is 5.32 Å². The van der Waals surface area contributed by atoms with Crippen molar-refractivity contribution in [2.75, 3.05) is 23.4 Å². The molecule has 1 saturated heterocycles. The molecule has 0 aliphatic carbocycles. The molecule has 26 heavy (non-hydrogen) atoms. The van der Waals surface area contributed by atoms with Crippen molar-refractivity contribution in [1.29, 1.82) is 0 Å². The summed E-state index contributed by atoms with van der Waals surface area (Å²) < 4.78 is 23.4. The van der Waals surface area contributed by atoms with E-state index >= 15 is 0 Å². The fraction of sp³-hybridized carbons (Fsp3) is 0.412. The van der Waals surface area contributed by atoms with Crippen molar-refractivity contribution in [2.24, 2.45) is 0 Å². The SMILES string of the molecule is CCN(C(=O)c1cnc(NCc2cccnc2)nc1)C1CCS(=O)(=O)C1. The number of rotatable bonds is 6. The summed E-state index contributed by atoms with van der Waals surface area (Å²) in [5.41, 5.74) is 1.35. The van der Waals surface area contributed by atoms with E-state index in [2.05, 4.69) is 20.3 Å². The van der Waals surface area contributed by atoms with Crippen molar-refractivity contribution < 1.29 is 13.2 Å². The highest BCUT2D eigenvalue weighted by Crippen LogP contribution is 2.19. The van der Waals surface area contributed by atoms with Crippen LogP contribution in [0.3, 0.4) is 0 Å². The summed E-state index contributed by atoms with van der Waals surface area (Å²) in [5.74, 6) is 0.332. The van der Waals surface area contributed by atoms with Gasteiger partial charge >= 0.3 is 0 Å². The van der Waals surface area contributed by atoms with Crippen LogP contribution in [0.1, 0.15) is 29.3 Å². The lowest BCUT2D eigenvalue weighted by atomic mass is 10.2. The van der Waals surface area contributed by atoms with Crippen LogP contribution in [0.2, 0.25) is 0 Å². The minimum atomic E-state index is -3.05. The minimum Gasteiger partial charge on any atom is -0.350 e. The van der Waals surface area contributed by atoms with Gasteiger partial charge in [-0.2, -0.15) is 0 Å². The van der Waals surface area contributed by atoms with Crippen LogP contribution in [0.5, 0.6) is 0 Å². The number of amides is 1. The second-order valence-electron chi connectivity index (χ2n) is 6.16. The highest BCUT2D eigenvalue weighted by molar-refractivity contribution is 7.91. The molecule has 138 valence electrons. The Labute approximate surface area is 152 Å². The van der Waals surface area contributed by atoms with Crippen molar-refractivity contribution in [3.05, 3.63) is 48.0 Å². The summed E-state index contributed by atoms with van der Waals surface area (Å²) in [7, 11) is -3.05. The molecule has 1 aliphatic heterocycles. The number of anilines is 1. The molecule has 2 aromatic heterocycles. The van der Waals surface area contributed by atoms with Gasteiger partial charge in [0, 0.05) is 43.9 Å². The molecule has 0 aromatic carbocycles. The van der Waals surface area contributed by atoms with E-state index < -0.39 is 9.84 Å². The van der Waals surface area contributed by atoms with E-state index in [0.29, 0.717) is 31.0 Å². The number of pyridine rings is 1. The molecule has 1 N–H and O–H groups in total. The third kappa shape index (κ3) is 4.34. The van der Waals surface area contributed by atoms with Crippen molar-refractivity contribution in [3.63, 3.8) is 0 Å². The van der Waals surface area contributed by atoms with Crippen molar-refractivity contribution >= 4 is 21.7 Å². The van der Waals surface area contributed by atoms with Crippen molar-refractivity contribution in [3.8, 4) is 0 Å². The zero-order chi connectivity index (χ0) is 18.6. The van der Waals surface area contributed by atoms with Gasteiger partial charge in [0.2, 0.25) is 5.95 Å². The zero-order valence-corrected chi connectivity index (χ0v) is 15.3. The molecule has 0 saturated carbocycles. The Bertz CT molecular complexity index is 856. The third-order valence-corrected chi connectivity index (χ3v) is 6.07. The molecule has 3 heterocycles.